The summed E-state index contributed by atoms with van der Waals surface area (Å²) in [7, 11) is 0. The van der Waals surface area contributed by atoms with Crippen molar-refractivity contribution in [1.29, 1.82) is 0 Å². The van der Waals surface area contributed by atoms with Crippen LogP contribution in [0.2, 0.25) is 0 Å². The fourth-order valence-corrected chi connectivity index (χ4v) is 2.41. The van der Waals surface area contributed by atoms with Gasteiger partial charge in [0, 0.05) is 31.0 Å². The normalized spacial score (nSPS) is 15.8. The van der Waals surface area contributed by atoms with E-state index < -0.39 is 0 Å². The van der Waals surface area contributed by atoms with E-state index >= 15 is 0 Å². The molecular formula is C16H21N3O. The molecule has 1 saturated heterocycles. The van der Waals surface area contributed by atoms with Gasteiger partial charge < -0.3 is 10.6 Å². The van der Waals surface area contributed by atoms with E-state index in [-0.39, 0.29) is 5.91 Å². The maximum atomic E-state index is 12.5. The van der Waals surface area contributed by atoms with Gasteiger partial charge in [-0.15, -0.1) is 0 Å². The van der Waals surface area contributed by atoms with Crippen molar-refractivity contribution >= 4 is 5.91 Å². The maximum Gasteiger partial charge on any atom is 0.255 e. The quantitative estimate of drug-likeness (QED) is 0.792. The van der Waals surface area contributed by atoms with Gasteiger partial charge in [-0.1, -0.05) is 31.1 Å². The molecule has 0 spiro atoms. The van der Waals surface area contributed by atoms with Crippen molar-refractivity contribution in [1.82, 2.24) is 9.88 Å². The van der Waals surface area contributed by atoms with Crippen molar-refractivity contribution in [3.05, 3.63) is 29.6 Å². The molecule has 4 nitrogen and oxygen atoms in total. The topological polar surface area (TPSA) is 59.2 Å². The van der Waals surface area contributed by atoms with Crippen LogP contribution in [0.15, 0.2) is 18.5 Å². The summed E-state index contributed by atoms with van der Waals surface area (Å²) < 4.78 is 0. The molecule has 1 aliphatic heterocycles. The average Bonchev–Trinajstić information content (AvgIpc) is 2.44. The number of amides is 1. The van der Waals surface area contributed by atoms with Gasteiger partial charge in [0.1, 0.15) is 0 Å². The molecular weight excluding hydrogens is 250 g/mol. The van der Waals surface area contributed by atoms with Gasteiger partial charge >= 0.3 is 0 Å². The number of rotatable bonds is 1. The Hall–Kier alpha value is -1.86. The molecule has 0 saturated carbocycles. The molecule has 2 rings (SSSR count). The molecule has 4 heteroatoms. The van der Waals surface area contributed by atoms with Crippen LogP contribution in [0.25, 0.3) is 0 Å². The smallest absolute Gasteiger partial charge is 0.255 e. The standard InChI is InChI=1S/C16H21N3O/c17-8-6-7-14-11-15(13-18-12-14)16(20)19-9-4-2-1-3-5-10-19/h11-13H,1-5,8-10,17H2. The first-order valence-corrected chi connectivity index (χ1v) is 7.24. The number of nitrogens with zero attached hydrogens (tertiary/aromatic N) is 2. The Bertz CT molecular complexity index is 508. The Morgan fingerprint density at radius 1 is 1.20 bits per heavy atom. The third-order valence-corrected chi connectivity index (χ3v) is 3.46. The first-order valence-electron chi connectivity index (χ1n) is 7.24. The second-order valence-electron chi connectivity index (χ2n) is 5.03. The van der Waals surface area contributed by atoms with Crippen LogP contribution in [-0.4, -0.2) is 35.4 Å². The molecule has 1 fully saturated rings. The van der Waals surface area contributed by atoms with Gasteiger partial charge in [-0.2, -0.15) is 0 Å². The first kappa shape index (κ1) is 14.5. The minimum Gasteiger partial charge on any atom is -0.339 e. The number of carbonyl (C=O) groups excluding carboxylic acids is 1. The van der Waals surface area contributed by atoms with E-state index in [9.17, 15) is 4.79 Å². The van der Waals surface area contributed by atoms with Crippen LogP contribution in [0, 0.1) is 11.8 Å². The van der Waals surface area contributed by atoms with Crippen LogP contribution >= 0.6 is 0 Å². The molecule has 1 aromatic rings. The highest BCUT2D eigenvalue weighted by atomic mass is 16.2. The predicted molar refractivity (Wildman–Crippen MR) is 79.2 cm³/mol. The molecule has 1 aliphatic rings. The van der Waals surface area contributed by atoms with Crippen molar-refractivity contribution < 1.29 is 4.79 Å². The summed E-state index contributed by atoms with van der Waals surface area (Å²) in [4.78, 5) is 18.5. The largest absolute Gasteiger partial charge is 0.339 e. The number of aromatic nitrogens is 1. The van der Waals surface area contributed by atoms with E-state index in [1.54, 1.807) is 18.5 Å². The summed E-state index contributed by atoms with van der Waals surface area (Å²) in [5.41, 5.74) is 6.72. The summed E-state index contributed by atoms with van der Waals surface area (Å²) in [5.74, 6) is 5.76. The number of carbonyl (C=O) groups is 1. The Balaban J connectivity index is 2.10. The predicted octanol–water partition coefficient (Wildman–Crippen LogP) is 1.80. The third kappa shape index (κ3) is 4.07. The van der Waals surface area contributed by atoms with Crippen molar-refractivity contribution in [3.8, 4) is 11.8 Å². The van der Waals surface area contributed by atoms with Gasteiger partial charge in [0.05, 0.1) is 12.1 Å². The fourth-order valence-electron chi connectivity index (χ4n) is 2.41. The molecule has 0 aromatic carbocycles. The molecule has 0 bridgehead atoms. The van der Waals surface area contributed by atoms with Crippen LogP contribution in [0.5, 0.6) is 0 Å². The summed E-state index contributed by atoms with van der Waals surface area (Å²) >= 11 is 0. The molecule has 20 heavy (non-hydrogen) atoms. The summed E-state index contributed by atoms with van der Waals surface area (Å²) in [5, 5.41) is 0. The van der Waals surface area contributed by atoms with Crippen molar-refractivity contribution in [2.45, 2.75) is 32.1 Å². The van der Waals surface area contributed by atoms with E-state index in [4.69, 9.17) is 5.73 Å². The molecule has 0 unspecified atom stereocenters. The van der Waals surface area contributed by atoms with E-state index in [2.05, 4.69) is 16.8 Å². The van der Waals surface area contributed by atoms with Crippen molar-refractivity contribution in [2.24, 2.45) is 5.73 Å². The molecule has 1 aromatic heterocycles. The van der Waals surface area contributed by atoms with Gasteiger partial charge in [0.2, 0.25) is 0 Å². The Kier molecular flexibility index (Phi) is 5.57. The second kappa shape index (κ2) is 7.66. The highest BCUT2D eigenvalue weighted by Gasteiger charge is 2.17. The van der Waals surface area contributed by atoms with Crippen LogP contribution in [0.3, 0.4) is 0 Å². The zero-order chi connectivity index (χ0) is 14.2. The van der Waals surface area contributed by atoms with E-state index in [0.29, 0.717) is 12.1 Å². The van der Waals surface area contributed by atoms with Gasteiger partial charge in [0.25, 0.3) is 5.91 Å². The van der Waals surface area contributed by atoms with Crippen molar-refractivity contribution in [2.75, 3.05) is 19.6 Å². The first-order chi connectivity index (χ1) is 9.81. The SMILES string of the molecule is NCC#Cc1cncc(C(=O)N2CCCCCCC2)c1. The Morgan fingerprint density at radius 3 is 2.60 bits per heavy atom. The Morgan fingerprint density at radius 2 is 1.90 bits per heavy atom. The minimum absolute atomic E-state index is 0.0656. The number of nitrogens with two attached hydrogens (primary N) is 1. The number of hydrogen-bond acceptors (Lipinski definition) is 3. The molecule has 106 valence electrons. The van der Waals surface area contributed by atoms with E-state index in [1.807, 2.05) is 4.90 Å². The highest BCUT2D eigenvalue weighted by molar-refractivity contribution is 5.94. The summed E-state index contributed by atoms with van der Waals surface area (Å²) in [6, 6.07) is 1.80. The fraction of sp³-hybridized carbons (Fsp3) is 0.500. The second-order valence-corrected chi connectivity index (χ2v) is 5.03. The zero-order valence-corrected chi connectivity index (χ0v) is 11.8. The lowest BCUT2D eigenvalue weighted by molar-refractivity contribution is 0.0742. The summed E-state index contributed by atoms with van der Waals surface area (Å²) in [6.45, 7) is 2.00. The van der Waals surface area contributed by atoms with E-state index in [1.165, 1.54) is 19.3 Å². The molecule has 1 amide bonds. The number of pyridine rings is 1. The van der Waals surface area contributed by atoms with Gasteiger partial charge in [0.15, 0.2) is 0 Å². The van der Waals surface area contributed by atoms with Crippen LogP contribution in [0.4, 0.5) is 0 Å². The lowest BCUT2D eigenvalue weighted by Gasteiger charge is -2.24. The lowest BCUT2D eigenvalue weighted by Crippen LogP contribution is -2.33. The van der Waals surface area contributed by atoms with Crippen LogP contribution in [-0.2, 0) is 0 Å². The highest BCUT2D eigenvalue weighted by Crippen LogP contribution is 2.13. The van der Waals surface area contributed by atoms with Crippen LogP contribution in [0.1, 0.15) is 48.0 Å². The number of likely N-dealkylation sites (tertiary alicyclic amines) is 1. The molecule has 2 heterocycles. The van der Waals surface area contributed by atoms with E-state index in [0.717, 1.165) is 31.5 Å². The number of hydrogen-bond donors (Lipinski definition) is 1. The van der Waals surface area contributed by atoms with Crippen molar-refractivity contribution in [3.63, 3.8) is 0 Å². The molecule has 2 N–H and O–H groups in total. The molecule has 0 aliphatic carbocycles. The Labute approximate surface area is 120 Å². The van der Waals surface area contributed by atoms with Crippen LogP contribution < -0.4 is 5.73 Å². The van der Waals surface area contributed by atoms with Gasteiger partial charge in [-0.05, 0) is 18.9 Å². The maximum absolute atomic E-state index is 12.5. The summed E-state index contributed by atoms with van der Waals surface area (Å²) in [6.07, 6.45) is 9.17. The molecule has 0 atom stereocenters. The van der Waals surface area contributed by atoms with Gasteiger partial charge in [-0.3, -0.25) is 9.78 Å². The zero-order valence-electron chi connectivity index (χ0n) is 11.8. The minimum atomic E-state index is 0.0656. The monoisotopic (exact) mass is 271 g/mol. The third-order valence-electron chi connectivity index (χ3n) is 3.46. The lowest BCUT2D eigenvalue weighted by atomic mass is 10.1. The molecule has 0 radical (unpaired) electrons. The van der Waals surface area contributed by atoms with Gasteiger partial charge in [-0.25, -0.2) is 0 Å². The average molecular weight is 271 g/mol.